The molecule has 1 aliphatic rings. The van der Waals surface area contributed by atoms with Crippen LogP contribution in [0.4, 0.5) is 0 Å². The van der Waals surface area contributed by atoms with Gasteiger partial charge in [-0.3, -0.25) is 4.98 Å². The van der Waals surface area contributed by atoms with Crippen LogP contribution in [0.25, 0.3) is 0 Å². The molecule has 0 atom stereocenters. The van der Waals surface area contributed by atoms with Gasteiger partial charge in [0.15, 0.2) is 0 Å². The summed E-state index contributed by atoms with van der Waals surface area (Å²) in [6.07, 6.45) is 9.08. The van der Waals surface area contributed by atoms with Crippen molar-refractivity contribution >= 4 is 10.0 Å². The molecule has 1 heterocycles. The third-order valence-corrected chi connectivity index (χ3v) is 6.52. The Morgan fingerprint density at radius 3 is 2.43 bits per heavy atom. The van der Waals surface area contributed by atoms with Crippen LogP contribution < -0.4 is 5.73 Å². The maximum Gasteiger partial charge on any atom is 0.245 e. The molecule has 21 heavy (non-hydrogen) atoms. The maximum atomic E-state index is 13.0. The molecule has 1 aromatic rings. The molecule has 0 radical (unpaired) electrons. The first-order valence-electron chi connectivity index (χ1n) is 7.70. The summed E-state index contributed by atoms with van der Waals surface area (Å²) >= 11 is 0. The molecule has 118 valence electrons. The second-order valence-electron chi connectivity index (χ2n) is 5.70. The van der Waals surface area contributed by atoms with Crippen molar-refractivity contribution in [2.45, 2.75) is 55.9 Å². The van der Waals surface area contributed by atoms with Crippen LogP contribution in [0.2, 0.25) is 0 Å². The van der Waals surface area contributed by atoms with Gasteiger partial charge in [-0.2, -0.15) is 4.31 Å². The summed E-state index contributed by atoms with van der Waals surface area (Å²) < 4.78 is 27.6. The summed E-state index contributed by atoms with van der Waals surface area (Å²) in [6.45, 7) is 2.70. The Hall–Kier alpha value is -0.980. The van der Waals surface area contributed by atoms with Gasteiger partial charge in [0.05, 0.1) is 0 Å². The lowest BCUT2D eigenvalue weighted by Gasteiger charge is -2.41. The average molecular weight is 311 g/mol. The van der Waals surface area contributed by atoms with Gasteiger partial charge in [0.2, 0.25) is 10.0 Å². The first kappa shape index (κ1) is 16.4. The van der Waals surface area contributed by atoms with Crippen molar-refractivity contribution < 1.29 is 8.42 Å². The highest BCUT2D eigenvalue weighted by Gasteiger charge is 2.42. The number of rotatable bonds is 5. The van der Waals surface area contributed by atoms with Crippen LogP contribution in [0.15, 0.2) is 29.4 Å². The van der Waals surface area contributed by atoms with Gasteiger partial charge in [-0.1, -0.05) is 32.6 Å². The Morgan fingerprint density at radius 1 is 1.29 bits per heavy atom. The predicted octanol–water partition coefficient (Wildman–Crippen LogP) is 2.14. The molecule has 1 saturated carbocycles. The van der Waals surface area contributed by atoms with Gasteiger partial charge < -0.3 is 5.73 Å². The zero-order valence-electron chi connectivity index (χ0n) is 12.7. The van der Waals surface area contributed by atoms with Gasteiger partial charge in [0.25, 0.3) is 0 Å². The van der Waals surface area contributed by atoms with E-state index in [9.17, 15) is 8.42 Å². The molecule has 0 amide bonds. The molecule has 5 nitrogen and oxygen atoms in total. The lowest BCUT2D eigenvalue weighted by molar-refractivity contribution is 0.174. The Bertz CT molecular complexity index is 537. The minimum absolute atomic E-state index is 0.254. The Labute approximate surface area is 127 Å². The summed E-state index contributed by atoms with van der Waals surface area (Å²) in [5.41, 5.74) is 5.59. The molecule has 0 saturated heterocycles. The molecule has 0 aromatic carbocycles. The van der Waals surface area contributed by atoms with E-state index in [0.29, 0.717) is 13.1 Å². The average Bonchev–Trinajstić information content (AvgIpc) is 2.75. The number of nitrogens with zero attached hydrogens (tertiary/aromatic N) is 2. The number of likely N-dealkylation sites (N-methyl/N-ethyl adjacent to an activating group) is 1. The van der Waals surface area contributed by atoms with Gasteiger partial charge in [-0.25, -0.2) is 8.42 Å². The van der Waals surface area contributed by atoms with Crippen molar-refractivity contribution in [3.63, 3.8) is 0 Å². The van der Waals surface area contributed by atoms with E-state index in [-0.39, 0.29) is 4.90 Å². The predicted molar refractivity (Wildman–Crippen MR) is 83.3 cm³/mol. The number of sulfonamides is 1. The van der Waals surface area contributed by atoms with E-state index < -0.39 is 15.6 Å². The van der Waals surface area contributed by atoms with Gasteiger partial charge in [-0.05, 0) is 25.0 Å². The number of aromatic nitrogens is 1. The Kier molecular flexibility index (Phi) is 5.35. The summed E-state index contributed by atoms with van der Waals surface area (Å²) in [5.74, 6) is 0. The molecule has 1 aliphatic carbocycles. The fraction of sp³-hybridized carbons (Fsp3) is 0.667. The fourth-order valence-electron chi connectivity index (χ4n) is 3.33. The van der Waals surface area contributed by atoms with Crippen LogP contribution in [0.5, 0.6) is 0 Å². The smallest absolute Gasteiger partial charge is 0.245 e. The van der Waals surface area contributed by atoms with Gasteiger partial charge in [-0.15, -0.1) is 0 Å². The molecule has 1 aromatic heterocycles. The maximum absolute atomic E-state index is 13.0. The first-order valence-corrected chi connectivity index (χ1v) is 9.14. The summed E-state index contributed by atoms with van der Waals surface area (Å²) in [4.78, 5) is 4.20. The van der Waals surface area contributed by atoms with Gasteiger partial charge in [0, 0.05) is 31.0 Å². The number of pyridine rings is 1. The fourth-order valence-corrected chi connectivity index (χ4v) is 5.14. The van der Waals surface area contributed by atoms with Crippen LogP contribution in [-0.4, -0.2) is 36.3 Å². The van der Waals surface area contributed by atoms with E-state index in [1.54, 1.807) is 22.6 Å². The van der Waals surface area contributed by atoms with Crippen LogP contribution in [0.1, 0.15) is 45.4 Å². The van der Waals surface area contributed by atoms with Crippen molar-refractivity contribution in [1.29, 1.82) is 0 Å². The van der Waals surface area contributed by atoms with Gasteiger partial charge >= 0.3 is 0 Å². The lowest BCUT2D eigenvalue weighted by atomic mass is 9.90. The van der Waals surface area contributed by atoms with E-state index in [0.717, 1.165) is 38.5 Å². The second kappa shape index (κ2) is 6.85. The van der Waals surface area contributed by atoms with Gasteiger partial charge in [0.1, 0.15) is 4.90 Å². The van der Waals surface area contributed by atoms with Crippen molar-refractivity contribution in [1.82, 2.24) is 9.29 Å². The topological polar surface area (TPSA) is 76.3 Å². The standard InChI is InChI=1S/C15H25N3O2S/c1-2-18(15(13-16)9-5-3-4-6-10-15)21(19,20)14-8-7-11-17-12-14/h7-8,11-12H,2-6,9-10,13,16H2,1H3. The molecule has 0 unspecified atom stereocenters. The highest BCUT2D eigenvalue weighted by Crippen LogP contribution is 2.35. The van der Waals surface area contributed by atoms with E-state index >= 15 is 0 Å². The number of hydrogen-bond acceptors (Lipinski definition) is 4. The van der Waals surface area contributed by atoms with E-state index in [2.05, 4.69) is 4.98 Å². The van der Waals surface area contributed by atoms with Crippen LogP contribution in [0, 0.1) is 0 Å². The molecular weight excluding hydrogens is 286 g/mol. The van der Waals surface area contributed by atoms with Crippen molar-refractivity contribution in [2.75, 3.05) is 13.1 Å². The van der Waals surface area contributed by atoms with Crippen LogP contribution >= 0.6 is 0 Å². The SMILES string of the molecule is CCN(C1(CN)CCCCCC1)S(=O)(=O)c1cccnc1. The molecule has 1 fully saturated rings. The minimum Gasteiger partial charge on any atom is -0.329 e. The molecule has 6 heteroatoms. The van der Waals surface area contributed by atoms with Crippen molar-refractivity contribution in [3.05, 3.63) is 24.5 Å². The van der Waals surface area contributed by atoms with Crippen LogP contribution in [-0.2, 0) is 10.0 Å². The number of nitrogens with two attached hydrogens (primary N) is 1. The largest absolute Gasteiger partial charge is 0.329 e. The third-order valence-electron chi connectivity index (χ3n) is 4.45. The Morgan fingerprint density at radius 2 is 1.95 bits per heavy atom. The zero-order chi connectivity index (χ0) is 15.3. The third kappa shape index (κ3) is 3.27. The second-order valence-corrected chi connectivity index (χ2v) is 7.56. The highest BCUT2D eigenvalue weighted by molar-refractivity contribution is 7.89. The first-order chi connectivity index (χ1) is 10.1. The van der Waals surface area contributed by atoms with Crippen LogP contribution in [0.3, 0.4) is 0 Å². The number of hydrogen-bond donors (Lipinski definition) is 1. The minimum atomic E-state index is -3.55. The zero-order valence-corrected chi connectivity index (χ0v) is 13.5. The van der Waals surface area contributed by atoms with E-state index in [4.69, 9.17) is 5.73 Å². The Balaban J connectivity index is 2.41. The lowest BCUT2D eigenvalue weighted by Crippen LogP contribution is -2.55. The molecule has 0 aliphatic heterocycles. The molecular formula is C15H25N3O2S. The van der Waals surface area contributed by atoms with Crippen molar-refractivity contribution in [3.8, 4) is 0 Å². The summed E-state index contributed by atoms with van der Waals surface area (Å²) in [5, 5.41) is 0. The van der Waals surface area contributed by atoms with E-state index in [1.165, 1.54) is 6.20 Å². The molecule has 2 rings (SSSR count). The van der Waals surface area contributed by atoms with E-state index in [1.807, 2.05) is 6.92 Å². The quantitative estimate of drug-likeness (QED) is 0.845. The molecule has 0 bridgehead atoms. The highest BCUT2D eigenvalue weighted by atomic mass is 32.2. The van der Waals surface area contributed by atoms with Crippen molar-refractivity contribution in [2.24, 2.45) is 5.73 Å². The molecule has 0 spiro atoms. The summed E-state index contributed by atoms with van der Waals surface area (Å²) in [7, 11) is -3.55. The normalized spacial score (nSPS) is 19.4. The molecule has 2 N–H and O–H groups in total. The summed E-state index contributed by atoms with van der Waals surface area (Å²) in [6, 6.07) is 3.26. The monoisotopic (exact) mass is 311 g/mol.